The highest BCUT2D eigenvalue weighted by Gasteiger charge is 2.07. The molecule has 3 aromatic rings. The Balaban J connectivity index is 1.86. The number of hydrogen-bond donors (Lipinski definition) is 1. The summed E-state index contributed by atoms with van der Waals surface area (Å²) in [5.41, 5.74) is 3.95. The minimum absolute atomic E-state index is 0.262. The second-order valence-electron chi connectivity index (χ2n) is 5.34. The monoisotopic (exact) mass is 396 g/mol. The van der Waals surface area contributed by atoms with Gasteiger partial charge in [-0.3, -0.25) is 4.79 Å². The van der Waals surface area contributed by atoms with Gasteiger partial charge < -0.3 is 4.74 Å². The zero-order valence-corrected chi connectivity index (χ0v) is 15.3. The number of ether oxygens (including phenoxy) is 1. The lowest BCUT2D eigenvalue weighted by atomic mass is 10.0. The topological polar surface area (TPSA) is 50.7 Å². The summed E-state index contributed by atoms with van der Waals surface area (Å²) in [6, 6.07) is 19.0. The molecule has 1 amide bonds. The van der Waals surface area contributed by atoms with Crippen molar-refractivity contribution in [1.82, 2.24) is 5.43 Å². The van der Waals surface area contributed by atoms with Gasteiger partial charge in [0.15, 0.2) is 0 Å². The summed E-state index contributed by atoms with van der Waals surface area (Å²) >= 11 is 3.35. The van der Waals surface area contributed by atoms with E-state index in [4.69, 9.17) is 4.74 Å². The summed E-state index contributed by atoms with van der Waals surface area (Å²) in [6.07, 6.45) is 1.63. The van der Waals surface area contributed by atoms with Crippen molar-refractivity contribution in [2.45, 2.75) is 6.92 Å². The zero-order valence-electron chi connectivity index (χ0n) is 13.7. The molecule has 0 fully saturated rings. The van der Waals surface area contributed by atoms with Crippen molar-refractivity contribution in [3.63, 3.8) is 0 Å². The number of nitrogens with one attached hydrogen (secondary N) is 1. The molecule has 3 rings (SSSR count). The molecule has 25 heavy (non-hydrogen) atoms. The fraction of sp³-hybridized carbons (Fsp3) is 0.100. The number of amides is 1. The largest absolute Gasteiger partial charge is 0.493 e. The van der Waals surface area contributed by atoms with E-state index < -0.39 is 0 Å². The van der Waals surface area contributed by atoms with E-state index in [0.717, 1.165) is 26.6 Å². The number of carbonyl (C=O) groups is 1. The smallest absolute Gasteiger partial charge is 0.271 e. The first kappa shape index (κ1) is 17.2. The summed E-state index contributed by atoms with van der Waals surface area (Å²) in [6.45, 7) is 2.50. The molecule has 0 aliphatic heterocycles. The van der Waals surface area contributed by atoms with Crippen LogP contribution in [0.25, 0.3) is 10.8 Å². The third-order valence-electron chi connectivity index (χ3n) is 3.70. The van der Waals surface area contributed by atoms with Crippen molar-refractivity contribution < 1.29 is 9.53 Å². The number of carbonyl (C=O) groups excluding carboxylic acids is 1. The fourth-order valence-electron chi connectivity index (χ4n) is 2.51. The summed E-state index contributed by atoms with van der Waals surface area (Å²) in [5, 5.41) is 6.23. The van der Waals surface area contributed by atoms with E-state index in [1.54, 1.807) is 18.3 Å². The summed E-state index contributed by atoms with van der Waals surface area (Å²) in [5.74, 6) is 0.477. The van der Waals surface area contributed by atoms with Crippen molar-refractivity contribution >= 4 is 38.8 Å². The predicted molar refractivity (Wildman–Crippen MR) is 104 cm³/mol. The molecule has 0 aliphatic carbocycles. The van der Waals surface area contributed by atoms with E-state index in [-0.39, 0.29) is 5.91 Å². The molecule has 0 spiro atoms. The normalized spacial score (nSPS) is 11.0. The van der Waals surface area contributed by atoms with Gasteiger partial charge in [-0.2, -0.15) is 5.10 Å². The van der Waals surface area contributed by atoms with Gasteiger partial charge in [-0.25, -0.2) is 5.43 Å². The van der Waals surface area contributed by atoms with Crippen LogP contribution in [0.15, 0.2) is 70.2 Å². The van der Waals surface area contributed by atoms with Crippen molar-refractivity contribution in [2.24, 2.45) is 5.10 Å². The lowest BCUT2D eigenvalue weighted by molar-refractivity contribution is 0.0955. The van der Waals surface area contributed by atoms with Gasteiger partial charge in [-0.15, -0.1) is 0 Å². The Morgan fingerprint density at radius 3 is 2.64 bits per heavy atom. The Kier molecular flexibility index (Phi) is 5.46. The summed E-state index contributed by atoms with van der Waals surface area (Å²) in [4.78, 5) is 12.1. The van der Waals surface area contributed by atoms with E-state index in [0.29, 0.717) is 12.2 Å². The SMILES string of the molecule is CCOc1ccc2ccccc2c1/C=N/NC(=O)c1ccc(Br)cc1. The van der Waals surface area contributed by atoms with E-state index in [1.165, 1.54) is 0 Å². The van der Waals surface area contributed by atoms with Gasteiger partial charge in [-0.05, 0) is 48.0 Å². The van der Waals surface area contributed by atoms with Crippen LogP contribution < -0.4 is 10.2 Å². The molecule has 4 nitrogen and oxygen atoms in total. The van der Waals surface area contributed by atoms with Gasteiger partial charge in [0, 0.05) is 15.6 Å². The molecule has 126 valence electrons. The fourth-order valence-corrected chi connectivity index (χ4v) is 2.78. The minimum atomic E-state index is -0.262. The van der Waals surface area contributed by atoms with Gasteiger partial charge in [0.25, 0.3) is 5.91 Å². The quantitative estimate of drug-likeness (QED) is 0.498. The second-order valence-corrected chi connectivity index (χ2v) is 6.25. The Bertz CT molecular complexity index is 921. The molecule has 0 aromatic heterocycles. The third kappa shape index (κ3) is 4.06. The maximum atomic E-state index is 12.1. The molecule has 0 unspecified atom stereocenters. The van der Waals surface area contributed by atoms with Crippen molar-refractivity contribution in [3.8, 4) is 5.75 Å². The highest BCUT2D eigenvalue weighted by Crippen LogP contribution is 2.26. The number of fused-ring (bicyclic) bond motifs is 1. The Morgan fingerprint density at radius 1 is 1.12 bits per heavy atom. The van der Waals surface area contributed by atoms with E-state index in [2.05, 4.69) is 26.5 Å². The van der Waals surface area contributed by atoms with Gasteiger partial charge in [0.2, 0.25) is 0 Å². The number of benzene rings is 3. The molecule has 0 saturated heterocycles. The van der Waals surface area contributed by atoms with Crippen molar-refractivity contribution in [2.75, 3.05) is 6.61 Å². The molecule has 0 bridgehead atoms. The van der Waals surface area contributed by atoms with Crippen molar-refractivity contribution in [3.05, 3.63) is 76.3 Å². The first-order valence-electron chi connectivity index (χ1n) is 7.92. The third-order valence-corrected chi connectivity index (χ3v) is 4.23. The second kappa shape index (κ2) is 7.94. The van der Waals surface area contributed by atoms with Crippen LogP contribution in [0.4, 0.5) is 0 Å². The molecule has 0 heterocycles. The standard InChI is InChI=1S/C20H17BrN2O2/c1-2-25-19-12-9-14-5-3-4-6-17(14)18(19)13-22-23-20(24)15-7-10-16(21)11-8-15/h3-13H,2H2,1H3,(H,23,24)/b22-13+. The Morgan fingerprint density at radius 2 is 1.88 bits per heavy atom. The molecule has 1 N–H and O–H groups in total. The van der Waals surface area contributed by atoms with E-state index in [1.807, 2.05) is 55.5 Å². The van der Waals surface area contributed by atoms with E-state index in [9.17, 15) is 4.79 Å². The molecule has 0 radical (unpaired) electrons. The maximum absolute atomic E-state index is 12.1. The predicted octanol–water partition coefficient (Wildman–Crippen LogP) is 4.76. The van der Waals surface area contributed by atoms with Crippen LogP contribution in [0.2, 0.25) is 0 Å². The first-order valence-corrected chi connectivity index (χ1v) is 8.72. The molecule has 3 aromatic carbocycles. The molecule has 0 saturated carbocycles. The summed E-state index contributed by atoms with van der Waals surface area (Å²) in [7, 11) is 0. The van der Waals surface area contributed by atoms with Crippen LogP contribution >= 0.6 is 15.9 Å². The van der Waals surface area contributed by atoms with Crippen LogP contribution in [0.5, 0.6) is 5.75 Å². The highest BCUT2D eigenvalue weighted by atomic mass is 79.9. The van der Waals surface area contributed by atoms with Gasteiger partial charge in [-0.1, -0.05) is 46.3 Å². The van der Waals surface area contributed by atoms with Crippen LogP contribution in [-0.2, 0) is 0 Å². The molecular formula is C20H17BrN2O2. The molecule has 0 atom stereocenters. The van der Waals surface area contributed by atoms with Crippen LogP contribution in [0, 0.1) is 0 Å². The molecule has 0 aliphatic rings. The number of rotatable bonds is 5. The van der Waals surface area contributed by atoms with Gasteiger partial charge in [0.05, 0.1) is 12.8 Å². The molecule has 5 heteroatoms. The minimum Gasteiger partial charge on any atom is -0.493 e. The maximum Gasteiger partial charge on any atom is 0.271 e. The average Bonchev–Trinajstić information content (AvgIpc) is 2.64. The first-order chi connectivity index (χ1) is 12.2. The lowest BCUT2D eigenvalue weighted by Crippen LogP contribution is -2.17. The van der Waals surface area contributed by atoms with Crippen LogP contribution in [0.3, 0.4) is 0 Å². The van der Waals surface area contributed by atoms with Gasteiger partial charge in [0.1, 0.15) is 5.75 Å². The van der Waals surface area contributed by atoms with Crippen LogP contribution in [-0.4, -0.2) is 18.7 Å². The average molecular weight is 397 g/mol. The highest BCUT2D eigenvalue weighted by molar-refractivity contribution is 9.10. The zero-order chi connectivity index (χ0) is 17.6. The number of hydrogen-bond acceptors (Lipinski definition) is 3. The summed E-state index contributed by atoms with van der Waals surface area (Å²) < 4.78 is 6.61. The van der Waals surface area contributed by atoms with Crippen molar-refractivity contribution in [1.29, 1.82) is 0 Å². The Hall–Kier alpha value is -2.66. The lowest BCUT2D eigenvalue weighted by Gasteiger charge is -2.10. The van der Waals surface area contributed by atoms with E-state index >= 15 is 0 Å². The number of nitrogens with zero attached hydrogens (tertiary/aromatic N) is 1. The molecular weight excluding hydrogens is 380 g/mol. The van der Waals surface area contributed by atoms with Gasteiger partial charge >= 0.3 is 0 Å². The Labute approximate surface area is 154 Å². The van der Waals surface area contributed by atoms with Crippen LogP contribution in [0.1, 0.15) is 22.8 Å². The number of halogens is 1. The number of hydrazone groups is 1.